The Morgan fingerprint density at radius 1 is 1.56 bits per heavy atom. The average molecular weight is 157 g/mol. The SMILES string of the molecule is O=S(=O)(O)ONCCO. The molecule has 3 N–H and O–H groups in total. The predicted molar refractivity (Wildman–Crippen MR) is 27.7 cm³/mol. The molecule has 0 saturated heterocycles. The van der Waals surface area contributed by atoms with Crippen LogP contribution >= 0.6 is 0 Å². The monoisotopic (exact) mass is 157 g/mol. The molecule has 0 spiro atoms. The molecule has 0 aliphatic rings. The van der Waals surface area contributed by atoms with Crippen LogP contribution in [0.5, 0.6) is 0 Å². The van der Waals surface area contributed by atoms with Gasteiger partial charge in [0.1, 0.15) is 0 Å². The van der Waals surface area contributed by atoms with Crippen molar-refractivity contribution in [2.24, 2.45) is 0 Å². The minimum Gasteiger partial charge on any atom is -0.395 e. The fraction of sp³-hybridized carbons (Fsp3) is 1.00. The van der Waals surface area contributed by atoms with Gasteiger partial charge in [-0.1, -0.05) is 0 Å². The van der Waals surface area contributed by atoms with Gasteiger partial charge in [0.05, 0.1) is 6.61 Å². The summed E-state index contributed by atoms with van der Waals surface area (Å²) in [5.41, 5.74) is 1.79. The maximum atomic E-state index is 9.70. The van der Waals surface area contributed by atoms with Crippen molar-refractivity contribution in [2.75, 3.05) is 13.2 Å². The molecule has 56 valence electrons. The summed E-state index contributed by atoms with van der Waals surface area (Å²) < 4.78 is 30.8. The smallest absolute Gasteiger partial charge is 0.395 e. The molecule has 7 heteroatoms. The summed E-state index contributed by atoms with van der Waals surface area (Å²) in [4.78, 5) is 0. The van der Waals surface area contributed by atoms with Crippen LogP contribution in [0.2, 0.25) is 0 Å². The summed E-state index contributed by atoms with van der Waals surface area (Å²) in [5, 5.41) is 8.04. The molecule has 0 aliphatic carbocycles. The van der Waals surface area contributed by atoms with Gasteiger partial charge >= 0.3 is 10.4 Å². The zero-order valence-corrected chi connectivity index (χ0v) is 5.26. The largest absolute Gasteiger partial charge is 0.413 e. The van der Waals surface area contributed by atoms with E-state index in [0.717, 1.165) is 0 Å². The fourth-order valence-corrected chi connectivity index (χ4v) is 0.394. The van der Waals surface area contributed by atoms with Gasteiger partial charge in [0.25, 0.3) is 0 Å². The molecule has 0 aromatic rings. The second-order valence-electron chi connectivity index (χ2n) is 1.13. The average Bonchev–Trinajstić information content (AvgIpc) is 1.63. The van der Waals surface area contributed by atoms with Crippen molar-refractivity contribution in [3.63, 3.8) is 0 Å². The summed E-state index contributed by atoms with van der Waals surface area (Å²) in [6.07, 6.45) is 0. The van der Waals surface area contributed by atoms with Crippen molar-refractivity contribution >= 4 is 10.4 Å². The first-order valence-electron chi connectivity index (χ1n) is 2.06. The Morgan fingerprint density at radius 2 is 2.11 bits per heavy atom. The zero-order chi connectivity index (χ0) is 7.33. The van der Waals surface area contributed by atoms with Gasteiger partial charge in [-0.2, -0.15) is 18.2 Å². The van der Waals surface area contributed by atoms with Crippen molar-refractivity contribution in [3.05, 3.63) is 0 Å². The Morgan fingerprint density at radius 3 is 2.44 bits per heavy atom. The van der Waals surface area contributed by atoms with Crippen LogP contribution in [0.4, 0.5) is 0 Å². The quantitative estimate of drug-likeness (QED) is 0.256. The van der Waals surface area contributed by atoms with Gasteiger partial charge < -0.3 is 5.11 Å². The van der Waals surface area contributed by atoms with Crippen LogP contribution in [-0.4, -0.2) is 31.2 Å². The summed E-state index contributed by atoms with van der Waals surface area (Å²) in [5.74, 6) is 0. The summed E-state index contributed by atoms with van der Waals surface area (Å²) in [6, 6.07) is 0. The molecule has 0 saturated carbocycles. The van der Waals surface area contributed by atoms with Crippen LogP contribution in [0.15, 0.2) is 0 Å². The third-order valence-electron chi connectivity index (χ3n) is 0.378. The lowest BCUT2D eigenvalue weighted by Gasteiger charge is -1.96. The number of hydrogen-bond donors (Lipinski definition) is 3. The van der Waals surface area contributed by atoms with Crippen LogP contribution in [0.1, 0.15) is 0 Å². The molecule has 0 fully saturated rings. The summed E-state index contributed by atoms with van der Waals surface area (Å²) in [6.45, 7) is -0.324. The standard InChI is InChI=1S/C2H7NO5S/c4-2-1-3-8-9(5,6)7/h3-4H,1-2H2,(H,5,6,7). The summed E-state index contributed by atoms with van der Waals surface area (Å²) in [7, 11) is -4.42. The molecular weight excluding hydrogens is 150 g/mol. The van der Waals surface area contributed by atoms with Gasteiger partial charge in [0, 0.05) is 6.54 Å². The van der Waals surface area contributed by atoms with E-state index in [1.807, 2.05) is 0 Å². The van der Waals surface area contributed by atoms with Crippen LogP contribution in [-0.2, 0) is 14.7 Å². The predicted octanol–water partition coefficient (Wildman–Crippen LogP) is -1.70. The van der Waals surface area contributed by atoms with E-state index in [1.165, 1.54) is 0 Å². The Labute approximate surface area is 52.4 Å². The van der Waals surface area contributed by atoms with E-state index in [4.69, 9.17) is 9.66 Å². The molecule has 0 aromatic carbocycles. The van der Waals surface area contributed by atoms with Crippen LogP contribution in [0.3, 0.4) is 0 Å². The third-order valence-corrected chi connectivity index (χ3v) is 0.707. The lowest BCUT2D eigenvalue weighted by molar-refractivity contribution is 0.151. The van der Waals surface area contributed by atoms with Gasteiger partial charge in [0.2, 0.25) is 0 Å². The molecule has 0 heterocycles. The number of aliphatic hydroxyl groups is 1. The number of aliphatic hydroxyl groups excluding tert-OH is 1. The Hall–Kier alpha value is -0.210. The first kappa shape index (κ1) is 8.79. The van der Waals surface area contributed by atoms with Crippen molar-refractivity contribution in [3.8, 4) is 0 Å². The second kappa shape index (κ2) is 3.75. The van der Waals surface area contributed by atoms with Gasteiger partial charge in [-0.25, -0.2) is 0 Å². The van der Waals surface area contributed by atoms with Crippen LogP contribution < -0.4 is 5.48 Å². The molecule has 0 atom stereocenters. The Balaban J connectivity index is 3.30. The topological polar surface area (TPSA) is 95.9 Å². The highest BCUT2D eigenvalue weighted by atomic mass is 32.3. The van der Waals surface area contributed by atoms with E-state index >= 15 is 0 Å². The summed E-state index contributed by atoms with van der Waals surface area (Å²) >= 11 is 0. The van der Waals surface area contributed by atoms with Gasteiger partial charge in [-0.05, 0) is 0 Å². The molecule has 9 heavy (non-hydrogen) atoms. The molecule has 0 aromatic heterocycles. The second-order valence-corrected chi connectivity index (χ2v) is 2.15. The fourth-order valence-electron chi connectivity index (χ4n) is 0.162. The highest BCUT2D eigenvalue weighted by molar-refractivity contribution is 7.80. The molecule has 0 rings (SSSR count). The maximum absolute atomic E-state index is 9.70. The van der Waals surface area contributed by atoms with Crippen LogP contribution in [0, 0.1) is 0 Å². The number of hydroxylamine groups is 1. The van der Waals surface area contributed by atoms with Crippen LogP contribution in [0.25, 0.3) is 0 Å². The molecular formula is C2H7NO5S. The van der Waals surface area contributed by atoms with Crippen molar-refractivity contribution in [2.45, 2.75) is 0 Å². The van der Waals surface area contributed by atoms with E-state index in [2.05, 4.69) is 4.28 Å². The lowest BCUT2D eigenvalue weighted by atomic mass is 10.8. The van der Waals surface area contributed by atoms with Gasteiger partial charge in [0.15, 0.2) is 0 Å². The minimum absolute atomic E-state index is 0.0558. The molecule has 0 aliphatic heterocycles. The van der Waals surface area contributed by atoms with Gasteiger partial charge in [-0.3, -0.25) is 4.55 Å². The lowest BCUT2D eigenvalue weighted by Crippen LogP contribution is -2.22. The molecule has 0 unspecified atom stereocenters. The first-order chi connectivity index (χ1) is 4.06. The minimum atomic E-state index is -4.42. The van der Waals surface area contributed by atoms with E-state index in [9.17, 15) is 8.42 Å². The molecule has 6 nitrogen and oxygen atoms in total. The van der Waals surface area contributed by atoms with E-state index in [0.29, 0.717) is 0 Å². The Bertz CT molecular complexity index is 150. The van der Waals surface area contributed by atoms with E-state index < -0.39 is 10.4 Å². The zero-order valence-electron chi connectivity index (χ0n) is 4.44. The normalized spacial score (nSPS) is 11.8. The van der Waals surface area contributed by atoms with Crippen molar-refractivity contribution in [1.82, 2.24) is 5.48 Å². The highest BCUT2D eigenvalue weighted by Crippen LogP contribution is 1.77. The van der Waals surface area contributed by atoms with E-state index in [-0.39, 0.29) is 13.2 Å². The van der Waals surface area contributed by atoms with E-state index in [1.54, 1.807) is 5.48 Å². The third kappa shape index (κ3) is 7.79. The Kier molecular flexibility index (Phi) is 3.66. The van der Waals surface area contributed by atoms with Crippen molar-refractivity contribution in [1.29, 1.82) is 0 Å². The molecule has 0 bridgehead atoms. The maximum Gasteiger partial charge on any atom is 0.413 e. The first-order valence-corrected chi connectivity index (χ1v) is 3.42. The number of nitrogens with one attached hydrogen (secondary N) is 1. The number of rotatable bonds is 4. The molecule has 0 amide bonds. The van der Waals surface area contributed by atoms with Gasteiger partial charge in [-0.15, -0.1) is 0 Å². The highest BCUT2D eigenvalue weighted by Gasteiger charge is 2.01. The molecule has 0 radical (unpaired) electrons. The van der Waals surface area contributed by atoms with Crippen molar-refractivity contribution < 1.29 is 22.4 Å². The number of hydrogen-bond acceptors (Lipinski definition) is 5.